The first kappa shape index (κ1) is 31.6. The fraction of sp³-hybridized carbons (Fsp3) is 0.708. The van der Waals surface area contributed by atoms with Crippen molar-refractivity contribution in [3.8, 4) is 0 Å². The van der Waals surface area contributed by atoms with E-state index in [0.29, 0.717) is 17.7 Å². The Morgan fingerprint density at radius 3 is 2.53 bits per heavy atom. The van der Waals surface area contributed by atoms with Gasteiger partial charge < -0.3 is 24.5 Å². The minimum Gasteiger partial charge on any atom is -0.464 e. The molecule has 0 fully saturated rings. The van der Waals surface area contributed by atoms with Crippen LogP contribution in [-0.2, 0) is 34.9 Å². The number of anilines is 1. The van der Waals surface area contributed by atoms with Gasteiger partial charge in [-0.1, -0.05) is 19.8 Å². The van der Waals surface area contributed by atoms with E-state index < -0.39 is 37.1 Å². The van der Waals surface area contributed by atoms with Crippen LogP contribution in [0.1, 0.15) is 67.7 Å². The van der Waals surface area contributed by atoms with Crippen molar-refractivity contribution in [3.63, 3.8) is 0 Å². The second kappa shape index (κ2) is 14.0. The first-order valence-electron chi connectivity index (χ1n) is 12.8. The molecule has 0 amide bonds. The first-order chi connectivity index (χ1) is 17.8. The SMILES string of the molecule is CCCCCOC(=O)C(C)(C)NP(=O)(CO[C@H](C)Cn1cnc2c(N)ncnc21)N[C@H](C)C(=O)OC(C)C. The van der Waals surface area contributed by atoms with Gasteiger partial charge in [0, 0.05) is 0 Å². The Balaban J connectivity index is 2.14. The Hall–Kier alpha value is -2.60. The molecule has 0 spiro atoms. The van der Waals surface area contributed by atoms with Gasteiger partial charge in [-0.3, -0.25) is 14.2 Å². The molecule has 2 heterocycles. The molecule has 0 saturated carbocycles. The van der Waals surface area contributed by atoms with Gasteiger partial charge in [0.15, 0.2) is 11.5 Å². The molecular formula is C24H42N7O6P. The van der Waals surface area contributed by atoms with E-state index >= 15 is 0 Å². The fourth-order valence-corrected chi connectivity index (χ4v) is 5.98. The molecule has 2 aromatic rings. The molecule has 2 rings (SSSR count). The summed E-state index contributed by atoms with van der Waals surface area (Å²) in [6, 6.07) is -0.928. The topological polar surface area (TPSA) is 173 Å². The second-order valence-electron chi connectivity index (χ2n) is 10.1. The Morgan fingerprint density at radius 2 is 1.87 bits per heavy atom. The highest BCUT2D eigenvalue weighted by Crippen LogP contribution is 2.40. The lowest BCUT2D eigenvalue weighted by Crippen LogP contribution is -2.50. The summed E-state index contributed by atoms with van der Waals surface area (Å²) in [5.74, 6) is -0.855. The summed E-state index contributed by atoms with van der Waals surface area (Å²) >= 11 is 0. The van der Waals surface area contributed by atoms with Crippen LogP contribution in [0.3, 0.4) is 0 Å². The van der Waals surface area contributed by atoms with E-state index in [1.807, 2.05) is 0 Å². The lowest BCUT2D eigenvalue weighted by molar-refractivity contribution is -0.149. The number of carbonyl (C=O) groups is 2. The fourth-order valence-electron chi connectivity index (χ4n) is 3.59. The highest BCUT2D eigenvalue weighted by molar-refractivity contribution is 7.59. The normalized spacial score (nSPS) is 15.3. The largest absolute Gasteiger partial charge is 0.464 e. The lowest BCUT2D eigenvalue weighted by atomic mass is 10.1. The Bertz CT molecular complexity index is 1120. The molecule has 0 aromatic carbocycles. The van der Waals surface area contributed by atoms with Crippen molar-refractivity contribution in [2.45, 2.75) is 98.1 Å². The number of rotatable bonds is 16. The molecule has 0 aliphatic rings. The molecule has 1 unspecified atom stereocenters. The molecule has 38 heavy (non-hydrogen) atoms. The number of nitrogens with one attached hydrogen (secondary N) is 2. The minimum absolute atomic E-state index is 0.270. The van der Waals surface area contributed by atoms with E-state index in [1.54, 1.807) is 52.4 Å². The maximum absolute atomic E-state index is 14.1. The van der Waals surface area contributed by atoms with E-state index in [9.17, 15) is 14.2 Å². The third kappa shape index (κ3) is 9.30. The predicted molar refractivity (Wildman–Crippen MR) is 144 cm³/mol. The average molecular weight is 556 g/mol. The van der Waals surface area contributed by atoms with E-state index in [4.69, 9.17) is 19.9 Å². The van der Waals surface area contributed by atoms with Crippen LogP contribution < -0.4 is 15.9 Å². The smallest absolute Gasteiger partial charge is 0.326 e. The van der Waals surface area contributed by atoms with Gasteiger partial charge in [-0.05, 0) is 48.0 Å². The maximum Gasteiger partial charge on any atom is 0.326 e. The third-order valence-electron chi connectivity index (χ3n) is 5.48. The van der Waals surface area contributed by atoms with Gasteiger partial charge in [-0.2, -0.15) is 0 Å². The number of aromatic nitrogens is 4. The van der Waals surface area contributed by atoms with Crippen molar-refractivity contribution in [1.29, 1.82) is 0 Å². The van der Waals surface area contributed by atoms with Crippen molar-refractivity contribution in [2.75, 3.05) is 18.7 Å². The summed E-state index contributed by atoms with van der Waals surface area (Å²) in [4.78, 5) is 37.6. The number of imidazole rings is 1. The Kier molecular flexibility index (Phi) is 11.6. The second-order valence-corrected chi connectivity index (χ2v) is 12.3. The van der Waals surface area contributed by atoms with Crippen molar-refractivity contribution in [1.82, 2.24) is 29.7 Å². The van der Waals surface area contributed by atoms with Crippen LogP contribution in [0, 0.1) is 0 Å². The summed E-state index contributed by atoms with van der Waals surface area (Å²) in [6.45, 7) is 12.6. The number of hydrogen-bond donors (Lipinski definition) is 3. The molecule has 4 N–H and O–H groups in total. The van der Waals surface area contributed by atoms with E-state index in [-0.39, 0.29) is 24.9 Å². The van der Waals surface area contributed by atoms with E-state index in [2.05, 4.69) is 32.1 Å². The number of nitrogen functional groups attached to an aromatic ring is 1. The molecule has 0 radical (unpaired) electrons. The van der Waals surface area contributed by atoms with Gasteiger partial charge in [-0.15, -0.1) is 0 Å². The van der Waals surface area contributed by atoms with Crippen LogP contribution in [0.4, 0.5) is 5.82 Å². The molecule has 0 bridgehead atoms. The Labute approximate surface area is 224 Å². The average Bonchev–Trinajstić information content (AvgIpc) is 3.23. The van der Waals surface area contributed by atoms with Crippen LogP contribution in [0.25, 0.3) is 11.2 Å². The molecule has 2 aromatic heterocycles. The number of nitrogens with zero attached hydrogens (tertiary/aromatic N) is 4. The monoisotopic (exact) mass is 555 g/mol. The number of hydrogen-bond acceptors (Lipinski definition) is 10. The Morgan fingerprint density at radius 1 is 1.16 bits per heavy atom. The zero-order valence-electron chi connectivity index (χ0n) is 23.4. The minimum atomic E-state index is -3.69. The number of esters is 2. The molecule has 3 atom stereocenters. The van der Waals surface area contributed by atoms with Crippen LogP contribution in [0.5, 0.6) is 0 Å². The van der Waals surface area contributed by atoms with Crippen molar-refractivity contribution in [3.05, 3.63) is 12.7 Å². The standard InChI is InChI=1S/C24H42N7O6P/c1-8-9-10-11-35-23(33)24(6,7)30-38(34,29-18(5)22(32)37-16(2)3)15-36-17(4)12-31-14-28-19-20(25)26-13-27-21(19)31/h13-14,16-18H,8-12,15H2,1-7H3,(H2,25,26,27)(H2,29,30,34)/t17-,18-,38?/m1/s1. The summed E-state index contributed by atoms with van der Waals surface area (Å²) in [5, 5.41) is 5.70. The van der Waals surface area contributed by atoms with Crippen LogP contribution in [0.15, 0.2) is 12.7 Å². The number of fused-ring (bicyclic) bond motifs is 1. The molecule has 0 aliphatic heterocycles. The summed E-state index contributed by atoms with van der Waals surface area (Å²) in [6.07, 6.45) is 4.50. The first-order valence-corrected chi connectivity index (χ1v) is 14.7. The van der Waals surface area contributed by atoms with Crippen LogP contribution in [-0.4, -0.2) is 68.2 Å². The molecule has 14 heteroatoms. The van der Waals surface area contributed by atoms with Gasteiger partial charge >= 0.3 is 11.9 Å². The lowest BCUT2D eigenvalue weighted by Gasteiger charge is -2.32. The number of unbranched alkanes of at least 4 members (excludes halogenated alkanes) is 2. The molecule has 214 valence electrons. The summed E-state index contributed by atoms with van der Waals surface area (Å²) in [7, 11) is -3.69. The highest BCUT2D eigenvalue weighted by Gasteiger charge is 2.39. The van der Waals surface area contributed by atoms with Crippen molar-refractivity contribution in [2.24, 2.45) is 0 Å². The predicted octanol–water partition coefficient (Wildman–Crippen LogP) is 3.00. The molecule has 0 aliphatic carbocycles. The van der Waals surface area contributed by atoms with Gasteiger partial charge in [-0.25, -0.2) is 25.1 Å². The quantitative estimate of drug-likeness (QED) is 0.157. The van der Waals surface area contributed by atoms with Gasteiger partial charge in [0.05, 0.1) is 31.7 Å². The third-order valence-corrected chi connectivity index (χ3v) is 7.72. The highest BCUT2D eigenvalue weighted by atomic mass is 31.2. The zero-order valence-corrected chi connectivity index (χ0v) is 24.3. The van der Waals surface area contributed by atoms with E-state index in [1.165, 1.54) is 6.33 Å². The zero-order chi connectivity index (χ0) is 28.5. The number of nitrogens with two attached hydrogens (primary N) is 1. The number of carbonyl (C=O) groups excluding carboxylic acids is 2. The van der Waals surface area contributed by atoms with Gasteiger partial charge in [0.2, 0.25) is 7.44 Å². The summed E-state index contributed by atoms with van der Waals surface area (Å²) in [5.41, 5.74) is 5.56. The van der Waals surface area contributed by atoms with E-state index in [0.717, 1.165) is 19.3 Å². The summed E-state index contributed by atoms with van der Waals surface area (Å²) < 4.78 is 32.4. The van der Waals surface area contributed by atoms with Crippen molar-refractivity contribution < 1.29 is 28.4 Å². The molecule has 13 nitrogen and oxygen atoms in total. The molecule has 0 saturated heterocycles. The van der Waals surface area contributed by atoms with Gasteiger partial charge in [0.1, 0.15) is 29.8 Å². The van der Waals surface area contributed by atoms with Crippen molar-refractivity contribution >= 4 is 36.4 Å². The van der Waals surface area contributed by atoms with Crippen LogP contribution >= 0.6 is 7.44 Å². The van der Waals surface area contributed by atoms with Gasteiger partial charge in [0.25, 0.3) is 0 Å². The number of ether oxygens (including phenoxy) is 3. The molecular weight excluding hydrogens is 513 g/mol. The maximum atomic E-state index is 14.1. The van der Waals surface area contributed by atoms with Crippen LogP contribution in [0.2, 0.25) is 0 Å².